The van der Waals surface area contributed by atoms with Crippen LogP contribution in [0.3, 0.4) is 0 Å². The third-order valence-electron chi connectivity index (χ3n) is 1.05. The van der Waals surface area contributed by atoms with Gasteiger partial charge in [-0.15, -0.1) is 0 Å². The summed E-state index contributed by atoms with van der Waals surface area (Å²) in [4.78, 5) is 10.3. The van der Waals surface area contributed by atoms with Gasteiger partial charge in [-0.05, 0) is 12.1 Å². The van der Waals surface area contributed by atoms with Crippen molar-refractivity contribution in [1.29, 1.82) is 0 Å². The van der Waals surface area contributed by atoms with E-state index in [-0.39, 0.29) is 5.69 Å². The summed E-state index contributed by atoms with van der Waals surface area (Å²) >= 11 is 4.74. The Labute approximate surface area is 63.2 Å². The monoisotopic (exact) mass is 154 g/mol. The topological polar surface area (TPSA) is 43.1 Å². The predicted octanol–water partition coefficient (Wildman–Crippen LogP) is 2.15. The molecule has 0 fully saturated rings. The third-order valence-corrected chi connectivity index (χ3v) is 1.32. The highest BCUT2D eigenvalue weighted by Gasteiger charge is 2.01. The summed E-state index contributed by atoms with van der Waals surface area (Å²) in [7, 11) is 0. The number of nitro groups is 1. The van der Waals surface area contributed by atoms with E-state index < -0.39 is 4.92 Å². The summed E-state index contributed by atoms with van der Waals surface area (Å²) in [6.45, 7) is 0. The summed E-state index contributed by atoms with van der Waals surface area (Å²) < 4.78 is 0. The van der Waals surface area contributed by atoms with Crippen LogP contribution < -0.4 is 0 Å². The fourth-order valence-electron chi connectivity index (χ4n) is 0.568. The first-order chi connectivity index (χ1) is 4.70. The Morgan fingerprint density at radius 1 is 1.30 bits per heavy atom. The summed E-state index contributed by atoms with van der Waals surface area (Å²) in [5, 5.41) is 10.1. The van der Waals surface area contributed by atoms with Crippen molar-refractivity contribution in [3.8, 4) is 0 Å². The normalized spacial score (nSPS) is 9.20. The van der Waals surface area contributed by atoms with Gasteiger partial charge in [-0.2, -0.15) is 0 Å². The zero-order valence-corrected chi connectivity index (χ0v) is 5.80. The Morgan fingerprint density at radius 3 is 2.20 bits per heavy atom. The zero-order chi connectivity index (χ0) is 7.56. The van der Waals surface area contributed by atoms with Crippen molar-refractivity contribution in [3.05, 3.63) is 34.4 Å². The Kier molecular flexibility index (Phi) is 1.82. The Hall–Kier alpha value is -1.16. The summed E-state index contributed by atoms with van der Waals surface area (Å²) in [5.41, 5.74) is 0.0774. The third kappa shape index (κ3) is 1.41. The molecule has 0 atom stereocenters. The van der Waals surface area contributed by atoms with Crippen LogP contribution in [0.1, 0.15) is 0 Å². The summed E-state index contributed by atoms with van der Waals surface area (Å²) in [6, 6.07) is 5.85. The molecule has 0 bridgehead atoms. The smallest absolute Gasteiger partial charge is 0.258 e. The van der Waals surface area contributed by atoms with Crippen LogP contribution in [-0.2, 0) is 0 Å². The number of nitro benzene ring substituents is 1. The highest BCUT2D eigenvalue weighted by molar-refractivity contribution is 7.80. The highest BCUT2D eigenvalue weighted by Crippen LogP contribution is 2.13. The van der Waals surface area contributed by atoms with Gasteiger partial charge in [0.05, 0.1) is 4.92 Å². The van der Waals surface area contributed by atoms with Crippen molar-refractivity contribution < 1.29 is 4.92 Å². The lowest BCUT2D eigenvalue weighted by Gasteiger charge is -1.88. The maximum Gasteiger partial charge on any atom is 0.269 e. The largest absolute Gasteiger partial charge is 0.269 e. The van der Waals surface area contributed by atoms with E-state index in [1.807, 2.05) is 0 Å². The lowest BCUT2D eigenvalue weighted by atomic mass is 10.3. The van der Waals surface area contributed by atoms with E-state index in [2.05, 4.69) is 0 Å². The molecule has 0 aliphatic rings. The fraction of sp³-hybridized carbons (Fsp3) is 0. The molecule has 0 unspecified atom stereocenters. The van der Waals surface area contributed by atoms with Crippen LogP contribution in [-0.4, -0.2) is 4.92 Å². The van der Waals surface area contributed by atoms with Crippen LogP contribution in [0.15, 0.2) is 29.2 Å². The predicted molar refractivity (Wildman–Crippen MR) is 39.0 cm³/mol. The standard InChI is InChI=1S/C6H4NO2S/c8-7(9)5-1-3-6(10)4-2-5/h1-4H. The molecule has 4 heteroatoms. The van der Waals surface area contributed by atoms with Gasteiger partial charge in [0.15, 0.2) is 0 Å². The van der Waals surface area contributed by atoms with Gasteiger partial charge in [0, 0.05) is 17.0 Å². The second-order valence-corrected chi connectivity index (χ2v) is 2.22. The van der Waals surface area contributed by atoms with E-state index >= 15 is 0 Å². The first kappa shape index (κ1) is 6.95. The van der Waals surface area contributed by atoms with E-state index in [4.69, 9.17) is 12.6 Å². The Morgan fingerprint density at radius 2 is 1.80 bits per heavy atom. The first-order valence-corrected chi connectivity index (χ1v) is 3.02. The molecule has 0 heterocycles. The Bertz CT molecular complexity index is 244. The maximum atomic E-state index is 10.1. The van der Waals surface area contributed by atoms with Gasteiger partial charge in [0.1, 0.15) is 0 Å². The van der Waals surface area contributed by atoms with Crippen LogP contribution in [0.25, 0.3) is 0 Å². The lowest BCUT2D eigenvalue weighted by Crippen LogP contribution is -1.85. The minimum Gasteiger partial charge on any atom is -0.258 e. The van der Waals surface area contributed by atoms with Crippen molar-refractivity contribution in [3.63, 3.8) is 0 Å². The summed E-state index contributed by atoms with van der Waals surface area (Å²) in [6.07, 6.45) is 0. The molecule has 0 N–H and O–H groups in total. The molecule has 0 spiro atoms. The molecule has 51 valence electrons. The lowest BCUT2D eigenvalue weighted by molar-refractivity contribution is -0.384. The van der Waals surface area contributed by atoms with Gasteiger partial charge < -0.3 is 0 Å². The number of nitrogens with zero attached hydrogens (tertiary/aromatic N) is 1. The molecule has 0 amide bonds. The van der Waals surface area contributed by atoms with Crippen LogP contribution in [0, 0.1) is 10.1 Å². The minimum absolute atomic E-state index is 0.0774. The van der Waals surface area contributed by atoms with E-state index in [0.717, 1.165) is 0 Å². The van der Waals surface area contributed by atoms with Gasteiger partial charge in [-0.25, -0.2) is 0 Å². The molecule has 1 aromatic rings. The zero-order valence-electron chi connectivity index (χ0n) is 4.98. The van der Waals surface area contributed by atoms with E-state index in [1.54, 1.807) is 0 Å². The molecular weight excluding hydrogens is 150 g/mol. The van der Waals surface area contributed by atoms with Crippen molar-refractivity contribution >= 4 is 18.3 Å². The van der Waals surface area contributed by atoms with Crippen molar-refractivity contribution in [1.82, 2.24) is 0 Å². The van der Waals surface area contributed by atoms with E-state index in [0.29, 0.717) is 4.90 Å². The summed E-state index contributed by atoms with van der Waals surface area (Å²) in [5.74, 6) is 0. The van der Waals surface area contributed by atoms with Crippen LogP contribution in [0.4, 0.5) is 5.69 Å². The van der Waals surface area contributed by atoms with Gasteiger partial charge in [-0.3, -0.25) is 10.1 Å². The molecule has 10 heavy (non-hydrogen) atoms. The molecule has 0 aromatic heterocycles. The van der Waals surface area contributed by atoms with Gasteiger partial charge in [-0.1, -0.05) is 12.6 Å². The number of benzene rings is 1. The maximum absolute atomic E-state index is 10.1. The first-order valence-electron chi connectivity index (χ1n) is 2.61. The highest BCUT2D eigenvalue weighted by atomic mass is 32.1. The van der Waals surface area contributed by atoms with Crippen molar-refractivity contribution in [2.24, 2.45) is 0 Å². The molecule has 3 nitrogen and oxygen atoms in total. The van der Waals surface area contributed by atoms with Crippen LogP contribution in [0.5, 0.6) is 0 Å². The molecule has 0 aliphatic carbocycles. The van der Waals surface area contributed by atoms with Crippen LogP contribution in [0.2, 0.25) is 0 Å². The van der Waals surface area contributed by atoms with E-state index in [9.17, 15) is 10.1 Å². The number of hydrogen-bond acceptors (Lipinski definition) is 2. The molecular formula is C6H4NO2S. The molecule has 1 radical (unpaired) electrons. The van der Waals surface area contributed by atoms with E-state index in [1.165, 1.54) is 24.3 Å². The molecule has 0 saturated heterocycles. The van der Waals surface area contributed by atoms with Crippen molar-refractivity contribution in [2.45, 2.75) is 4.90 Å². The number of non-ortho nitro benzene ring substituents is 1. The van der Waals surface area contributed by atoms with Gasteiger partial charge in [0.25, 0.3) is 5.69 Å². The SMILES string of the molecule is O=[N+]([O-])c1ccc([S])cc1. The minimum atomic E-state index is -0.450. The van der Waals surface area contributed by atoms with Gasteiger partial charge in [0.2, 0.25) is 0 Å². The second kappa shape index (κ2) is 2.62. The molecule has 0 saturated carbocycles. The second-order valence-electron chi connectivity index (χ2n) is 1.75. The van der Waals surface area contributed by atoms with Gasteiger partial charge >= 0.3 is 0 Å². The average Bonchev–Trinajstić information content (AvgIpc) is 1.88. The number of rotatable bonds is 1. The van der Waals surface area contributed by atoms with Crippen LogP contribution >= 0.6 is 12.6 Å². The van der Waals surface area contributed by atoms with Crippen molar-refractivity contribution in [2.75, 3.05) is 0 Å². The molecule has 1 aromatic carbocycles. The molecule has 0 aliphatic heterocycles. The molecule has 1 rings (SSSR count). The quantitative estimate of drug-likeness (QED) is 0.459. The average molecular weight is 154 g/mol. The number of hydrogen-bond donors (Lipinski definition) is 0. The fourth-order valence-corrected chi connectivity index (χ4v) is 0.704. The Balaban J connectivity index is 3.00.